The Labute approximate surface area is 123 Å². The van der Waals surface area contributed by atoms with Crippen LogP contribution in [0.3, 0.4) is 0 Å². The Morgan fingerprint density at radius 2 is 2.15 bits per heavy atom. The topological polar surface area (TPSA) is 55.6 Å². The minimum atomic E-state index is -0.602. The number of rotatable bonds is 6. The van der Waals surface area contributed by atoms with Crippen molar-refractivity contribution in [1.82, 2.24) is 4.90 Å². The van der Waals surface area contributed by atoms with E-state index in [0.717, 1.165) is 0 Å². The number of nitrogens with two attached hydrogens (primary N) is 1. The summed E-state index contributed by atoms with van der Waals surface area (Å²) in [6.45, 7) is 4.05. The standard InChI is InChI=1S/C14H19FN2O2S/c1-9(2)17(8-7-12(16)20)14(18)13-10(15)5-4-6-11(13)19-3/h4-6,9H,7-8H2,1-3H3,(H2,16,20). The molecule has 1 aromatic rings. The van der Waals surface area contributed by atoms with Crippen LogP contribution in [0.25, 0.3) is 0 Å². The number of carbonyl (C=O) groups is 1. The summed E-state index contributed by atoms with van der Waals surface area (Å²) in [5.74, 6) is -0.808. The van der Waals surface area contributed by atoms with E-state index in [1.165, 1.54) is 24.1 Å². The first kappa shape index (κ1) is 16.4. The highest BCUT2D eigenvalue weighted by atomic mass is 32.1. The van der Waals surface area contributed by atoms with Gasteiger partial charge in [-0.3, -0.25) is 4.79 Å². The molecule has 4 nitrogen and oxygen atoms in total. The van der Waals surface area contributed by atoms with Gasteiger partial charge in [0.25, 0.3) is 5.91 Å². The summed E-state index contributed by atoms with van der Waals surface area (Å²) >= 11 is 4.82. The van der Waals surface area contributed by atoms with Crippen LogP contribution in [0.4, 0.5) is 4.39 Å². The van der Waals surface area contributed by atoms with Crippen molar-refractivity contribution in [2.24, 2.45) is 5.73 Å². The lowest BCUT2D eigenvalue weighted by atomic mass is 10.1. The van der Waals surface area contributed by atoms with Crippen molar-refractivity contribution in [2.45, 2.75) is 26.3 Å². The fourth-order valence-electron chi connectivity index (χ4n) is 1.85. The molecule has 0 radical (unpaired) electrons. The molecule has 0 fully saturated rings. The maximum Gasteiger partial charge on any atom is 0.260 e. The first-order valence-corrected chi connectivity index (χ1v) is 6.71. The molecule has 6 heteroatoms. The number of hydrogen-bond acceptors (Lipinski definition) is 3. The number of halogens is 1. The van der Waals surface area contributed by atoms with Crippen molar-refractivity contribution >= 4 is 23.1 Å². The monoisotopic (exact) mass is 298 g/mol. The molecule has 0 spiro atoms. The number of carbonyl (C=O) groups excluding carboxylic acids is 1. The number of amides is 1. The normalized spacial score (nSPS) is 10.4. The van der Waals surface area contributed by atoms with Crippen LogP contribution in [-0.2, 0) is 0 Å². The average Bonchev–Trinajstić information content (AvgIpc) is 2.37. The van der Waals surface area contributed by atoms with Crippen molar-refractivity contribution in [3.63, 3.8) is 0 Å². The third-order valence-electron chi connectivity index (χ3n) is 2.89. The number of thiocarbonyl (C=S) groups is 1. The molecule has 20 heavy (non-hydrogen) atoms. The van der Waals surface area contributed by atoms with Gasteiger partial charge in [-0.2, -0.15) is 0 Å². The predicted molar refractivity (Wildman–Crippen MR) is 80.5 cm³/mol. The van der Waals surface area contributed by atoms with Gasteiger partial charge >= 0.3 is 0 Å². The molecule has 0 aliphatic heterocycles. The van der Waals surface area contributed by atoms with Gasteiger partial charge in [-0.15, -0.1) is 0 Å². The molecular formula is C14H19FN2O2S. The van der Waals surface area contributed by atoms with Crippen molar-refractivity contribution in [2.75, 3.05) is 13.7 Å². The van der Waals surface area contributed by atoms with Crippen molar-refractivity contribution < 1.29 is 13.9 Å². The van der Waals surface area contributed by atoms with Crippen LogP contribution in [0.5, 0.6) is 5.75 Å². The summed E-state index contributed by atoms with van der Waals surface area (Å²) < 4.78 is 19.0. The molecule has 1 rings (SSSR count). The summed E-state index contributed by atoms with van der Waals surface area (Å²) in [4.78, 5) is 14.4. The molecule has 0 saturated heterocycles. The van der Waals surface area contributed by atoms with Crippen LogP contribution in [0.15, 0.2) is 18.2 Å². The predicted octanol–water partition coefficient (Wildman–Crippen LogP) is 2.36. The first-order chi connectivity index (χ1) is 9.38. The fraction of sp³-hybridized carbons (Fsp3) is 0.429. The highest BCUT2D eigenvalue weighted by molar-refractivity contribution is 7.80. The number of ether oxygens (including phenoxy) is 1. The number of benzene rings is 1. The van der Waals surface area contributed by atoms with Crippen LogP contribution in [0.2, 0.25) is 0 Å². The maximum absolute atomic E-state index is 13.9. The van der Waals surface area contributed by atoms with E-state index in [4.69, 9.17) is 22.7 Å². The average molecular weight is 298 g/mol. The summed E-state index contributed by atoms with van der Waals surface area (Å²) in [7, 11) is 1.40. The minimum Gasteiger partial charge on any atom is -0.496 e. The number of methoxy groups -OCH3 is 1. The molecule has 0 atom stereocenters. The number of nitrogens with zero attached hydrogens (tertiary/aromatic N) is 1. The molecular weight excluding hydrogens is 279 g/mol. The lowest BCUT2D eigenvalue weighted by Gasteiger charge is -2.27. The van der Waals surface area contributed by atoms with E-state index in [1.54, 1.807) is 6.07 Å². The lowest BCUT2D eigenvalue weighted by molar-refractivity contribution is 0.0703. The van der Waals surface area contributed by atoms with Crippen LogP contribution in [0, 0.1) is 5.82 Å². The SMILES string of the molecule is COc1cccc(F)c1C(=O)N(CCC(N)=S)C(C)C. The van der Waals surface area contributed by atoms with Gasteiger partial charge in [0.05, 0.1) is 12.1 Å². The van der Waals surface area contributed by atoms with Gasteiger partial charge in [0.15, 0.2) is 0 Å². The summed E-state index contributed by atoms with van der Waals surface area (Å²) in [5, 5.41) is 0. The quantitative estimate of drug-likeness (QED) is 0.819. The molecule has 110 valence electrons. The maximum atomic E-state index is 13.9. The largest absolute Gasteiger partial charge is 0.496 e. The first-order valence-electron chi connectivity index (χ1n) is 6.30. The second-order valence-corrected chi connectivity index (χ2v) is 5.15. The van der Waals surface area contributed by atoms with Crippen LogP contribution in [-0.4, -0.2) is 35.5 Å². The highest BCUT2D eigenvalue weighted by Crippen LogP contribution is 2.23. The van der Waals surface area contributed by atoms with E-state index in [-0.39, 0.29) is 17.4 Å². The van der Waals surface area contributed by atoms with E-state index < -0.39 is 11.7 Å². The lowest BCUT2D eigenvalue weighted by Crippen LogP contribution is -2.39. The fourth-order valence-corrected chi connectivity index (χ4v) is 1.94. The van der Waals surface area contributed by atoms with Gasteiger partial charge in [-0.25, -0.2) is 4.39 Å². The third kappa shape index (κ3) is 3.90. The molecule has 0 unspecified atom stereocenters. The zero-order valence-corrected chi connectivity index (χ0v) is 12.7. The molecule has 0 bridgehead atoms. The molecule has 1 amide bonds. The second kappa shape index (κ2) is 7.19. The Bertz CT molecular complexity index is 506. The van der Waals surface area contributed by atoms with E-state index in [9.17, 15) is 9.18 Å². The molecule has 2 N–H and O–H groups in total. The van der Waals surface area contributed by atoms with E-state index in [0.29, 0.717) is 18.0 Å². The smallest absolute Gasteiger partial charge is 0.260 e. The van der Waals surface area contributed by atoms with E-state index in [1.807, 2.05) is 13.8 Å². The molecule has 0 aromatic heterocycles. The summed E-state index contributed by atoms with van der Waals surface area (Å²) in [5.41, 5.74) is 5.40. The van der Waals surface area contributed by atoms with Crippen molar-refractivity contribution in [3.8, 4) is 5.75 Å². The van der Waals surface area contributed by atoms with Gasteiger partial charge in [0.1, 0.15) is 17.1 Å². The molecule has 0 aliphatic rings. The van der Waals surface area contributed by atoms with Crippen molar-refractivity contribution in [3.05, 3.63) is 29.6 Å². The third-order valence-corrected chi connectivity index (χ3v) is 3.10. The van der Waals surface area contributed by atoms with Crippen LogP contribution >= 0.6 is 12.2 Å². The van der Waals surface area contributed by atoms with Gasteiger partial charge in [-0.05, 0) is 26.0 Å². The molecule has 1 aromatic carbocycles. The summed E-state index contributed by atoms with van der Waals surface area (Å²) in [6.07, 6.45) is 0.399. The molecule has 0 aliphatic carbocycles. The molecule has 0 saturated carbocycles. The van der Waals surface area contributed by atoms with Crippen molar-refractivity contribution in [1.29, 1.82) is 0 Å². The summed E-state index contributed by atoms with van der Waals surface area (Å²) in [6, 6.07) is 4.20. The van der Waals surface area contributed by atoms with Gasteiger partial charge in [-0.1, -0.05) is 18.3 Å². The Morgan fingerprint density at radius 1 is 1.50 bits per heavy atom. The Kier molecular flexibility index (Phi) is 5.88. The van der Waals surface area contributed by atoms with Crippen LogP contribution in [0.1, 0.15) is 30.6 Å². The van der Waals surface area contributed by atoms with E-state index in [2.05, 4.69) is 0 Å². The van der Waals surface area contributed by atoms with Gasteiger partial charge < -0.3 is 15.4 Å². The van der Waals surface area contributed by atoms with Crippen LogP contribution < -0.4 is 10.5 Å². The zero-order valence-electron chi connectivity index (χ0n) is 11.9. The van der Waals surface area contributed by atoms with E-state index >= 15 is 0 Å². The second-order valence-electron chi connectivity index (χ2n) is 4.63. The van der Waals surface area contributed by atoms with Gasteiger partial charge in [0, 0.05) is 19.0 Å². The Hall–Kier alpha value is -1.69. The number of hydrogen-bond donors (Lipinski definition) is 1. The highest BCUT2D eigenvalue weighted by Gasteiger charge is 2.25. The minimum absolute atomic E-state index is 0.0633. The Morgan fingerprint density at radius 3 is 2.65 bits per heavy atom. The molecule has 0 heterocycles. The zero-order chi connectivity index (χ0) is 15.3. The van der Waals surface area contributed by atoms with Gasteiger partial charge in [0.2, 0.25) is 0 Å². The Balaban J connectivity index is 3.09.